The van der Waals surface area contributed by atoms with E-state index in [2.05, 4.69) is 6.92 Å². The quantitative estimate of drug-likeness (QED) is 0.384. The molecule has 21 heavy (non-hydrogen) atoms. The van der Waals surface area contributed by atoms with E-state index < -0.39 is 11.0 Å². The summed E-state index contributed by atoms with van der Waals surface area (Å²) < 4.78 is 0. The minimum atomic E-state index is -0.656. The monoisotopic (exact) mass is 292 g/mol. The lowest BCUT2D eigenvalue weighted by Crippen LogP contribution is -2.31. The summed E-state index contributed by atoms with van der Waals surface area (Å²) in [7, 11) is 0. The average Bonchev–Trinajstić information content (AvgIpc) is 2.46. The van der Waals surface area contributed by atoms with Crippen LogP contribution in [0.2, 0.25) is 0 Å². The van der Waals surface area contributed by atoms with Gasteiger partial charge in [-0.2, -0.15) is 4.89 Å². The van der Waals surface area contributed by atoms with Crippen LogP contribution in [0.1, 0.15) is 65.9 Å². The third kappa shape index (κ3) is 5.50. The van der Waals surface area contributed by atoms with E-state index in [1.807, 2.05) is 58.0 Å². The maximum atomic E-state index is 12.2. The molecule has 0 aromatic heterocycles. The predicted molar refractivity (Wildman–Crippen MR) is 84.6 cm³/mol. The third-order valence-corrected chi connectivity index (χ3v) is 3.75. The number of hydrogen-bond acceptors (Lipinski definition) is 3. The Kier molecular flexibility index (Phi) is 6.41. The highest BCUT2D eigenvalue weighted by atomic mass is 17.2. The second-order valence-corrected chi connectivity index (χ2v) is 6.67. The van der Waals surface area contributed by atoms with Gasteiger partial charge >= 0.3 is 5.97 Å². The Morgan fingerprint density at radius 1 is 1.05 bits per heavy atom. The van der Waals surface area contributed by atoms with Crippen LogP contribution in [-0.4, -0.2) is 5.97 Å². The first kappa shape index (κ1) is 17.7. The fourth-order valence-electron chi connectivity index (χ4n) is 2.06. The molecule has 0 heterocycles. The van der Waals surface area contributed by atoms with E-state index in [1.165, 1.54) is 0 Å². The van der Waals surface area contributed by atoms with Crippen LogP contribution in [0.5, 0.6) is 0 Å². The van der Waals surface area contributed by atoms with Crippen LogP contribution in [0.15, 0.2) is 30.3 Å². The molecule has 0 atom stereocenters. The van der Waals surface area contributed by atoms with Crippen molar-refractivity contribution in [2.45, 2.75) is 65.9 Å². The molecule has 0 saturated heterocycles. The number of benzene rings is 1. The van der Waals surface area contributed by atoms with Gasteiger partial charge in [-0.1, -0.05) is 56.5 Å². The number of unbranched alkanes of at least 4 members (excludes halogenated alkanes) is 2. The molecule has 1 rings (SSSR count). The lowest BCUT2D eigenvalue weighted by molar-refractivity contribution is -0.335. The van der Waals surface area contributed by atoms with Crippen molar-refractivity contribution in [3.05, 3.63) is 35.9 Å². The molecule has 0 amide bonds. The largest absolute Gasteiger partial charge is 0.347 e. The maximum Gasteiger partial charge on any atom is 0.347 e. The zero-order valence-corrected chi connectivity index (χ0v) is 13.9. The molecule has 0 aliphatic carbocycles. The van der Waals surface area contributed by atoms with E-state index in [1.54, 1.807) is 0 Å². The Bertz CT molecular complexity index is 435. The first-order valence-corrected chi connectivity index (χ1v) is 7.75. The summed E-state index contributed by atoms with van der Waals surface area (Å²) in [6.45, 7) is 9.74. The number of rotatable bonds is 8. The molecule has 0 bridgehead atoms. The zero-order valence-electron chi connectivity index (χ0n) is 13.9. The summed E-state index contributed by atoms with van der Waals surface area (Å²) in [5.74, 6) is -0.303. The van der Waals surface area contributed by atoms with Crippen molar-refractivity contribution in [3.63, 3.8) is 0 Å². The van der Waals surface area contributed by atoms with Crippen LogP contribution < -0.4 is 0 Å². The second kappa shape index (κ2) is 7.60. The topological polar surface area (TPSA) is 35.5 Å². The highest BCUT2D eigenvalue weighted by molar-refractivity contribution is 5.75. The molecular weight excluding hydrogens is 264 g/mol. The summed E-state index contributed by atoms with van der Waals surface area (Å²) in [5, 5.41) is 0. The number of hydrogen-bond donors (Lipinski definition) is 0. The molecule has 0 aliphatic heterocycles. The van der Waals surface area contributed by atoms with Crippen molar-refractivity contribution in [2.75, 3.05) is 0 Å². The normalized spacial score (nSPS) is 12.2. The number of carbonyl (C=O) groups is 1. The van der Waals surface area contributed by atoms with Crippen LogP contribution in [0, 0.1) is 5.41 Å². The van der Waals surface area contributed by atoms with E-state index in [0.717, 1.165) is 31.2 Å². The summed E-state index contributed by atoms with van der Waals surface area (Å²) in [4.78, 5) is 22.7. The van der Waals surface area contributed by atoms with Crippen molar-refractivity contribution >= 4 is 5.97 Å². The Hall–Kier alpha value is -1.35. The molecule has 1 aromatic carbocycles. The van der Waals surface area contributed by atoms with Crippen molar-refractivity contribution in [3.8, 4) is 0 Å². The summed E-state index contributed by atoms with van der Waals surface area (Å²) in [5.41, 5.74) is -0.195. The second-order valence-electron chi connectivity index (χ2n) is 6.67. The van der Waals surface area contributed by atoms with Gasteiger partial charge in [0.15, 0.2) is 0 Å². The molecule has 0 N–H and O–H groups in total. The highest BCUT2D eigenvalue weighted by Crippen LogP contribution is 2.29. The van der Waals surface area contributed by atoms with Crippen LogP contribution in [-0.2, 0) is 20.2 Å². The minimum Gasteiger partial charge on any atom is -0.297 e. The Morgan fingerprint density at radius 2 is 1.67 bits per heavy atom. The van der Waals surface area contributed by atoms with Gasteiger partial charge in [0.05, 0.1) is 5.41 Å². The summed E-state index contributed by atoms with van der Waals surface area (Å²) >= 11 is 0. The van der Waals surface area contributed by atoms with Gasteiger partial charge < -0.3 is 0 Å². The molecule has 0 spiro atoms. The lowest BCUT2D eigenvalue weighted by Gasteiger charge is -2.27. The molecule has 0 unspecified atom stereocenters. The molecule has 0 aliphatic rings. The molecule has 0 radical (unpaired) electrons. The van der Waals surface area contributed by atoms with Gasteiger partial charge in [0, 0.05) is 0 Å². The number of carbonyl (C=O) groups excluding carboxylic acids is 1. The van der Waals surface area contributed by atoms with Gasteiger partial charge in [0.2, 0.25) is 0 Å². The first-order chi connectivity index (χ1) is 9.79. The van der Waals surface area contributed by atoms with E-state index in [4.69, 9.17) is 9.78 Å². The van der Waals surface area contributed by atoms with Crippen molar-refractivity contribution < 1.29 is 14.6 Å². The molecule has 3 heteroatoms. The van der Waals surface area contributed by atoms with Crippen LogP contribution in [0.3, 0.4) is 0 Å². The van der Waals surface area contributed by atoms with Crippen molar-refractivity contribution in [1.29, 1.82) is 0 Å². The Morgan fingerprint density at radius 3 is 2.24 bits per heavy atom. The lowest BCUT2D eigenvalue weighted by atomic mass is 9.87. The summed E-state index contributed by atoms with van der Waals surface area (Å²) in [6.07, 6.45) is 4.12. The minimum absolute atomic E-state index is 0.303. The molecule has 3 nitrogen and oxygen atoms in total. The Labute approximate surface area is 128 Å². The Balaban J connectivity index is 2.55. The summed E-state index contributed by atoms with van der Waals surface area (Å²) in [6, 6.07) is 9.75. The van der Waals surface area contributed by atoms with Crippen molar-refractivity contribution in [1.82, 2.24) is 0 Å². The van der Waals surface area contributed by atoms with Gasteiger partial charge in [-0.05, 0) is 39.7 Å². The van der Waals surface area contributed by atoms with E-state index in [0.29, 0.717) is 0 Å². The molecule has 1 aromatic rings. The fraction of sp³-hybridized carbons (Fsp3) is 0.611. The van der Waals surface area contributed by atoms with E-state index >= 15 is 0 Å². The van der Waals surface area contributed by atoms with Gasteiger partial charge in [-0.15, -0.1) is 0 Å². The first-order valence-electron chi connectivity index (χ1n) is 7.75. The fourth-order valence-corrected chi connectivity index (χ4v) is 2.06. The van der Waals surface area contributed by atoms with E-state index in [-0.39, 0.29) is 5.97 Å². The molecule has 118 valence electrons. The standard InChI is InChI=1S/C18H28O3/c1-6-7-11-14-17(2,3)16(19)20-21-18(4,5)15-12-9-8-10-13-15/h8-10,12-13H,6-7,11,14H2,1-5H3. The maximum absolute atomic E-state index is 12.2. The smallest absolute Gasteiger partial charge is 0.297 e. The van der Waals surface area contributed by atoms with Gasteiger partial charge in [0.25, 0.3) is 0 Å². The molecule has 0 fully saturated rings. The van der Waals surface area contributed by atoms with Crippen molar-refractivity contribution in [2.24, 2.45) is 5.41 Å². The van der Waals surface area contributed by atoms with Crippen LogP contribution in [0.4, 0.5) is 0 Å². The third-order valence-electron chi connectivity index (χ3n) is 3.75. The highest BCUT2D eigenvalue weighted by Gasteiger charge is 2.32. The van der Waals surface area contributed by atoms with Crippen LogP contribution in [0.25, 0.3) is 0 Å². The van der Waals surface area contributed by atoms with Gasteiger partial charge in [-0.25, -0.2) is 4.79 Å². The molecular formula is C18H28O3. The zero-order chi connectivity index (χ0) is 15.9. The van der Waals surface area contributed by atoms with Gasteiger partial charge in [0.1, 0.15) is 5.60 Å². The van der Waals surface area contributed by atoms with E-state index in [9.17, 15) is 4.79 Å². The average molecular weight is 292 g/mol. The molecule has 0 saturated carbocycles. The predicted octanol–water partition coefficient (Wildman–Crippen LogP) is 5.00. The van der Waals surface area contributed by atoms with Crippen LogP contribution >= 0.6 is 0 Å². The van der Waals surface area contributed by atoms with Gasteiger partial charge in [-0.3, -0.25) is 4.89 Å². The SMILES string of the molecule is CCCCCC(C)(C)C(=O)OOC(C)(C)c1ccccc1.